The summed E-state index contributed by atoms with van der Waals surface area (Å²) in [4.78, 5) is 0. The highest BCUT2D eigenvalue weighted by Crippen LogP contribution is 1.43. The fourth-order valence-electron chi connectivity index (χ4n) is 0. The van der Waals surface area contributed by atoms with Gasteiger partial charge in [-0.15, -0.1) is 0 Å². The summed E-state index contributed by atoms with van der Waals surface area (Å²) in [6.45, 7) is 4.55. The van der Waals surface area contributed by atoms with E-state index in [-0.39, 0.29) is 11.7 Å². The van der Waals surface area contributed by atoms with Gasteiger partial charge in [0.2, 0.25) is 0 Å². The second-order valence-electron chi connectivity index (χ2n) is 0.232. The molecule has 4 heavy (non-hydrogen) atoms. The van der Waals surface area contributed by atoms with Gasteiger partial charge in [-0.2, -0.15) is 0 Å². The van der Waals surface area contributed by atoms with Crippen molar-refractivity contribution in [1.29, 1.82) is 0 Å². The Morgan fingerprint density at radius 3 is 2.25 bits per heavy atom. The molecular weight excluding hydrogens is 72.1 g/mol. The van der Waals surface area contributed by atoms with Crippen LogP contribution in [0.5, 0.6) is 0 Å². The number of hydrogen-bond donors (Lipinski definition) is 0. The number of rotatable bonds is 1. The van der Waals surface area contributed by atoms with Crippen molar-refractivity contribution < 1.29 is 4.21 Å². The average Bonchev–Trinajstić information content (AvgIpc) is 1.37. The fourth-order valence-corrected chi connectivity index (χ4v) is 0. The summed E-state index contributed by atoms with van der Waals surface area (Å²) >= 11 is 0.259. The first-order valence-electron chi connectivity index (χ1n) is 0.736. The Hall–Kier alpha value is -0.240. The van der Waals surface area contributed by atoms with Crippen LogP contribution >= 0.6 is 0 Å². The van der Waals surface area contributed by atoms with Crippen molar-refractivity contribution in [3.8, 4) is 0 Å². The molecule has 0 saturated heterocycles. The van der Waals surface area contributed by atoms with E-state index in [9.17, 15) is 0 Å². The van der Waals surface area contributed by atoms with Crippen molar-refractivity contribution in [2.75, 3.05) is 0 Å². The van der Waals surface area contributed by atoms with Gasteiger partial charge in [0.05, 0.1) is 0 Å². The first kappa shape index (κ1) is 3.76. The predicted molar refractivity (Wildman–Crippen MR) is 16.9 cm³/mol. The molecule has 0 unspecified atom stereocenters. The van der Waals surface area contributed by atoms with Crippen molar-refractivity contribution in [2.24, 2.45) is 0 Å². The maximum Gasteiger partial charge on any atom is 0.496 e. The molecule has 0 spiro atoms. The summed E-state index contributed by atoms with van der Waals surface area (Å²) < 4.78 is 9.03. The lowest BCUT2D eigenvalue weighted by Gasteiger charge is -1.08. The van der Waals surface area contributed by atoms with Crippen molar-refractivity contribution in [2.45, 2.75) is 0 Å². The van der Waals surface area contributed by atoms with E-state index in [2.05, 4.69) is 6.58 Å². The third-order valence-electron chi connectivity index (χ3n) is 0.0556. The fraction of sp³-hybridized carbons (Fsp3) is 0. The van der Waals surface area contributed by atoms with Gasteiger partial charge in [-0.3, -0.25) is 0 Å². The first-order chi connectivity index (χ1) is 1.91. The van der Waals surface area contributed by atoms with Crippen LogP contribution in [0.15, 0.2) is 5.41 Å². The summed E-state index contributed by atoms with van der Waals surface area (Å²) in [5, 5.41) is 0.986. The molecule has 0 aliphatic carbocycles. The minimum atomic E-state index is 0.259. The third-order valence-corrected chi connectivity index (χ3v) is 0.167. The van der Waals surface area contributed by atoms with E-state index in [0.717, 1.165) is 5.41 Å². The third kappa shape index (κ3) is 1.76. The minimum Gasteiger partial charge on any atom is 0.00557 e. The lowest BCUT2D eigenvalue weighted by atomic mass is 11.3. The Labute approximate surface area is 28.8 Å². The van der Waals surface area contributed by atoms with Crippen molar-refractivity contribution in [3.63, 3.8) is 0 Å². The maximum atomic E-state index is 9.03. The monoisotopic (exact) mass is 74.0 g/mol. The van der Waals surface area contributed by atoms with E-state index in [1.54, 1.807) is 0 Å². The lowest BCUT2D eigenvalue weighted by molar-refractivity contribution is 0.608. The molecule has 0 aromatic rings. The minimum absolute atomic E-state index is 0.259. The van der Waals surface area contributed by atoms with E-state index in [1.165, 1.54) is 0 Å². The van der Waals surface area contributed by atoms with Crippen LogP contribution in [0.3, 0.4) is 0 Å². The van der Waals surface area contributed by atoms with Crippen LogP contribution in [-0.4, -0.2) is 0 Å². The summed E-state index contributed by atoms with van der Waals surface area (Å²) in [7, 11) is 0. The van der Waals surface area contributed by atoms with Gasteiger partial charge in [0.25, 0.3) is 5.41 Å². The predicted octanol–water partition coefficient (Wildman–Crippen LogP) is 0.361. The molecule has 21 valence electrons. The molecule has 0 bridgehead atoms. The molecule has 0 fully saturated rings. The highest BCUT2D eigenvalue weighted by Gasteiger charge is 1.68. The van der Waals surface area contributed by atoms with Crippen molar-refractivity contribution in [1.82, 2.24) is 0 Å². The zero-order valence-corrected chi connectivity index (χ0v) is 2.79. The molecule has 1 radical (unpaired) electrons. The van der Waals surface area contributed by atoms with E-state index in [1.807, 2.05) is 0 Å². The summed E-state index contributed by atoms with van der Waals surface area (Å²) in [6.07, 6.45) is 0. The van der Waals surface area contributed by atoms with E-state index in [4.69, 9.17) is 4.21 Å². The molecule has 0 aromatic carbocycles. The Bertz CT molecular complexity index is 27.0. The molecule has 0 N–H and O–H groups in total. The van der Waals surface area contributed by atoms with Gasteiger partial charge in [-0.25, -0.2) is 0 Å². The molecule has 1 nitrogen and oxygen atoms in total. The SMILES string of the molecule is [CH]=C[S+]=O. The smallest absolute Gasteiger partial charge is 0.00557 e. The van der Waals surface area contributed by atoms with Gasteiger partial charge >= 0.3 is 11.7 Å². The van der Waals surface area contributed by atoms with Crippen LogP contribution in [0.25, 0.3) is 0 Å². The second kappa shape index (κ2) is 2.76. The molecule has 0 amide bonds. The summed E-state index contributed by atoms with van der Waals surface area (Å²) in [5.41, 5.74) is 0. The molecule has 2 heteroatoms. The molecule has 0 aliphatic rings. The largest absolute Gasteiger partial charge is 0.496 e. The normalized spacial score (nSPS) is 5.00. The molecule has 0 heterocycles. The molecule has 0 aliphatic heterocycles. The second-order valence-corrected chi connectivity index (χ2v) is 0.697. The van der Waals surface area contributed by atoms with E-state index < -0.39 is 0 Å². The summed E-state index contributed by atoms with van der Waals surface area (Å²) in [5.74, 6) is 0. The molecule has 0 atom stereocenters. The van der Waals surface area contributed by atoms with Gasteiger partial charge in [0, 0.05) is 10.8 Å². The lowest BCUT2D eigenvalue weighted by Crippen LogP contribution is -1.32. The topological polar surface area (TPSA) is 17.1 Å². The molecule has 0 aromatic heterocycles. The molecular formula is C2H2OS+. The quantitative estimate of drug-likeness (QED) is 0.410. The van der Waals surface area contributed by atoms with Crippen LogP contribution in [0.1, 0.15) is 0 Å². The average molecular weight is 74.1 g/mol. The van der Waals surface area contributed by atoms with Gasteiger partial charge in [0.1, 0.15) is 0 Å². The number of hydrogen-bond acceptors (Lipinski definition) is 1. The van der Waals surface area contributed by atoms with Crippen LogP contribution in [-0.2, 0) is 15.9 Å². The molecule has 0 rings (SSSR count). The Morgan fingerprint density at radius 2 is 2.25 bits per heavy atom. The standard InChI is InChI=1S/C2H2OS/c1-2-4-3/h1-2H/q+1. The highest BCUT2D eigenvalue weighted by atomic mass is 32.1. The van der Waals surface area contributed by atoms with Crippen LogP contribution in [0, 0.1) is 6.58 Å². The van der Waals surface area contributed by atoms with Gasteiger partial charge in [0.15, 0.2) is 0 Å². The van der Waals surface area contributed by atoms with Gasteiger partial charge in [-0.1, -0.05) is 0 Å². The zero-order valence-electron chi connectivity index (χ0n) is 1.97. The highest BCUT2D eigenvalue weighted by molar-refractivity contribution is 7.68. The Balaban J connectivity index is 2.73. The maximum absolute atomic E-state index is 9.03. The Morgan fingerprint density at radius 1 is 2.00 bits per heavy atom. The van der Waals surface area contributed by atoms with Crippen molar-refractivity contribution >= 4 is 11.7 Å². The van der Waals surface area contributed by atoms with E-state index >= 15 is 0 Å². The first-order valence-corrected chi connectivity index (χ1v) is 1.54. The zero-order chi connectivity index (χ0) is 3.41. The van der Waals surface area contributed by atoms with Crippen LogP contribution in [0.2, 0.25) is 0 Å². The molecule has 0 saturated carbocycles. The van der Waals surface area contributed by atoms with Crippen molar-refractivity contribution in [3.05, 3.63) is 12.0 Å². The van der Waals surface area contributed by atoms with Crippen LogP contribution in [0.4, 0.5) is 0 Å². The van der Waals surface area contributed by atoms with Gasteiger partial charge < -0.3 is 0 Å². The van der Waals surface area contributed by atoms with E-state index in [0.29, 0.717) is 0 Å². The van der Waals surface area contributed by atoms with Gasteiger partial charge in [-0.05, 0) is 0 Å². The van der Waals surface area contributed by atoms with Crippen LogP contribution < -0.4 is 0 Å². The Kier molecular flexibility index (Phi) is 2.59. The summed E-state index contributed by atoms with van der Waals surface area (Å²) in [6, 6.07) is 0.